The summed E-state index contributed by atoms with van der Waals surface area (Å²) in [5, 5.41) is 3.12. The average Bonchev–Trinajstić information content (AvgIpc) is 2.71. The van der Waals surface area contributed by atoms with E-state index in [0.717, 1.165) is 36.0 Å². The number of hydrogen-bond donors (Lipinski definition) is 1. The van der Waals surface area contributed by atoms with Gasteiger partial charge in [0, 0.05) is 18.7 Å². The Morgan fingerprint density at radius 2 is 1.63 bits per heavy atom. The Morgan fingerprint density at radius 1 is 1.00 bits per heavy atom. The fourth-order valence-corrected chi connectivity index (χ4v) is 5.91. The molecule has 162 valence electrons. The molecule has 3 rings (SSSR count). The number of benzene rings is 2. The van der Waals surface area contributed by atoms with Crippen LogP contribution in [0.25, 0.3) is 0 Å². The minimum absolute atomic E-state index is 0.00580. The molecule has 7 heteroatoms. The number of halogens is 1. The van der Waals surface area contributed by atoms with Crippen LogP contribution in [0.15, 0.2) is 35.2 Å². The molecule has 1 saturated heterocycles. The van der Waals surface area contributed by atoms with Crippen molar-refractivity contribution in [3.8, 4) is 0 Å². The second-order valence-electron chi connectivity index (χ2n) is 8.10. The molecule has 0 aliphatic carbocycles. The first-order chi connectivity index (χ1) is 14.1. The molecule has 1 fully saturated rings. The van der Waals surface area contributed by atoms with Crippen LogP contribution in [0.2, 0.25) is 5.02 Å². The van der Waals surface area contributed by atoms with Crippen molar-refractivity contribution >= 4 is 27.5 Å². The topological polar surface area (TPSA) is 66.5 Å². The maximum absolute atomic E-state index is 13.1. The zero-order valence-electron chi connectivity index (χ0n) is 18.0. The number of rotatable bonds is 5. The van der Waals surface area contributed by atoms with E-state index in [2.05, 4.69) is 24.4 Å². The van der Waals surface area contributed by atoms with Gasteiger partial charge in [-0.2, -0.15) is 4.31 Å². The second-order valence-corrected chi connectivity index (χ2v) is 10.4. The lowest BCUT2D eigenvalue weighted by Crippen LogP contribution is -2.36. The first kappa shape index (κ1) is 22.8. The number of aryl methyl sites for hydroxylation is 3. The highest BCUT2D eigenvalue weighted by molar-refractivity contribution is 7.89. The summed E-state index contributed by atoms with van der Waals surface area (Å²) in [7, 11) is -3.73. The van der Waals surface area contributed by atoms with Crippen LogP contribution in [-0.2, 0) is 10.0 Å². The molecule has 1 amide bonds. The van der Waals surface area contributed by atoms with Gasteiger partial charge in [-0.3, -0.25) is 4.79 Å². The highest BCUT2D eigenvalue weighted by Gasteiger charge is 2.29. The molecule has 1 aliphatic rings. The molecule has 5 nitrogen and oxygen atoms in total. The summed E-state index contributed by atoms with van der Waals surface area (Å²) in [6, 6.07) is 8.42. The van der Waals surface area contributed by atoms with E-state index in [4.69, 9.17) is 11.6 Å². The molecular weight excluding hydrogens is 420 g/mol. The third-order valence-electron chi connectivity index (χ3n) is 5.82. The molecule has 1 N–H and O–H groups in total. The quantitative estimate of drug-likeness (QED) is 0.705. The van der Waals surface area contributed by atoms with E-state index in [1.807, 2.05) is 20.8 Å². The van der Waals surface area contributed by atoms with Crippen LogP contribution < -0.4 is 5.32 Å². The second kappa shape index (κ2) is 9.08. The van der Waals surface area contributed by atoms with E-state index < -0.39 is 10.0 Å². The average molecular weight is 449 g/mol. The predicted molar refractivity (Wildman–Crippen MR) is 121 cm³/mol. The fourth-order valence-electron chi connectivity index (χ4n) is 3.89. The minimum Gasteiger partial charge on any atom is -0.346 e. The number of hydrogen-bond acceptors (Lipinski definition) is 3. The van der Waals surface area contributed by atoms with Gasteiger partial charge in [0.25, 0.3) is 5.91 Å². The molecule has 30 heavy (non-hydrogen) atoms. The normalized spacial score (nSPS) is 16.3. The predicted octanol–water partition coefficient (Wildman–Crippen LogP) is 4.93. The zero-order valence-corrected chi connectivity index (χ0v) is 19.5. The van der Waals surface area contributed by atoms with Crippen molar-refractivity contribution in [1.82, 2.24) is 9.62 Å². The van der Waals surface area contributed by atoms with Crippen LogP contribution in [0.3, 0.4) is 0 Å². The lowest BCUT2D eigenvalue weighted by molar-refractivity contribution is 0.0939. The van der Waals surface area contributed by atoms with E-state index in [0.29, 0.717) is 13.1 Å². The van der Waals surface area contributed by atoms with Crippen molar-refractivity contribution in [2.45, 2.75) is 57.9 Å². The van der Waals surface area contributed by atoms with Crippen LogP contribution >= 0.6 is 11.6 Å². The van der Waals surface area contributed by atoms with Gasteiger partial charge in [0.05, 0.1) is 11.1 Å². The van der Waals surface area contributed by atoms with Crippen molar-refractivity contribution in [3.05, 3.63) is 63.2 Å². The molecule has 1 atom stereocenters. The zero-order chi connectivity index (χ0) is 22.1. The molecule has 0 radical (unpaired) electrons. The van der Waals surface area contributed by atoms with Gasteiger partial charge in [0.15, 0.2) is 0 Å². The molecule has 0 saturated carbocycles. The van der Waals surface area contributed by atoms with Crippen molar-refractivity contribution < 1.29 is 13.2 Å². The number of carbonyl (C=O) groups is 1. The Morgan fingerprint density at radius 3 is 2.30 bits per heavy atom. The van der Waals surface area contributed by atoms with Crippen LogP contribution in [0.1, 0.15) is 64.8 Å². The summed E-state index contributed by atoms with van der Waals surface area (Å²) in [5.41, 5.74) is 4.80. The summed E-state index contributed by atoms with van der Waals surface area (Å²) in [6.45, 7) is 9.03. The van der Waals surface area contributed by atoms with Crippen LogP contribution in [0.5, 0.6) is 0 Å². The third kappa shape index (κ3) is 4.71. The molecule has 1 unspecified atom stereocenters. The number of sulfonamides is 1. The van der Waals surface area contributed by atoms with Gasteiger partial charge >= 0.3 is 0 Å². The number of piperidine rings is 1. The molecule has 0 spiro atoms. The number of nitrogens with one attached hydrogen (secondary N) is 1. The van der Waals surface area contributed by atoms with E-state index in [-0.39, 0.29) is 27.4 Å². The molecule has 0 aromatic heterocycles. The van der Waals surface area contributed by atoms with Crippen LogP contribution in [0.4, 0.5) is 0 Å². The first-order valence-electron chi connectivity index (χ1n) is 10.3. The maximum Gasteiger partial charge on any atom is 0.251 e. The summed E-state index contributed by atoms with van der Waals surface area (Å²) in [5.74, 6) is -0.327. The smallest absolute Gasteiger partial charge is 0.251 e. The summed E-state index contributed by atoms with van der Waals surface area (Å²) < 4.78 is 27.6. The van der Waals surface area contributed by atoms with Gasteiger partial charge in [0.1, 0.15) is 4.90 Å². The lowest BCUT2D eigenvalue weighted by atomic mass is 9.96. The van der Waals surface area contributed by atoms with Crippen molar-refractivity contribution in [2.24, 2.45) is 0 Å². The van der Waals surface area contributed by atoms with Gasteiger partial charge in [-0.1, -0.05) is 30.2 Å². The Labute approximate surface area is 184 Å². The number of amides is 1. The van der Waals surface area contributed by atoms with Crippen molar-refractivity contribution in [1.29, 1.82) is 0 Å². The van der Waals surface area contributed by atoms with Gasteiger partial charge in [-0.05, 0) is 81.0 Å². The fraction of sp³-hybridized carbons (Fsp3) is 0.435. The summed E-state index contributed by atoms with van der Waals surface area (Å²) in [6.07, 6.45) is 2.70. The highest BCUT2D eigenvalue weighted by Crippen LogP contribution is 2.28. The van der Waals surface area contributed by atoms with Crippen molar-refractivity contribution in [3.63, 3.8) is 0 Å². The standard InChI is InChI=1S/C23H29ClN2O3S/c1-15-12-17(3)20(13-16(15)2)18(4)25-23(27)19-8-9-21(24)22(14-19)30(28,29)26-10-6-5-7-11-26/h8-9,12-14,18H,5-7,10-11H2,1-4H3,(H,25,27). The first-order valence-corrected chi connectivity index (χ1v) is 12.1. The van der Waals surface area contributed by atoms with E-state index in [9.17, 15) is 13.2 Å². The van der Waals surface area contributed by atoms with Gasteiger partial charge in [-0.25, -0.2) is 8.42 Å². The third-order valence-corrected chi connectivity index (χ3v) is 8.20. The minimum atomic E-state index is -3.73. The van der Waals surface area contributed by atoms with Crippen molar-refractivity contribution in [2.75, 3.05) is 13.1 Å². The molecule has 2 aromatic rings. The Kier molecular flexibility index (Phi) is 6.90. The molecule has 2 aromatic carbocycles. The SMILES string of the molecule is Cc1cc(C)c(C(C)NC(=O)c2ccc(Cl)c(S(=O)(=O)N3CCCCC3)c2)cc1C. The van der Waals surface area contributed by atoms with E-state index in [1.165, 1.54) is 22.0 Å². The maximum atomic E-state index is 13.1. The van der Waals surface area contributed by atoms with E-state index >= 15 is 0 Å². The van der Waals surface area contributed by atoms with Gasteiger partial charge in [-0.15, -0.1) is 0 Å². The lowest BCUT2D eigenvalue weighted by Gasteiger charge is -2.26. The van der Waals surface area contributed by atoms with Crippen LogP contribution in [0, 0.1) is 20.8 Å². The molecule has 1 heterocycles. The summed E-state index contributed by atoms with van der Waals surface area (Å²) >= 11 is 6.22. The molecule has 0 bridgehead atoms. The highest BCUT2D eigenvalue weighted by atomic mass is 35.5. The molecular formula is C23H29ClN2O3S. The van der Waals surface area contributed by atoms with Crippen LogP contribution in [-0.4, -0.2) is 31.7 Å². The molecule has 1 aliphatic heterocycles. The van der Waals surface area contributed by atoms with Gasteiger partial charge in [0.2, 0.25) is 10.0 Å². The Bertz CT molecular complexity index is 1060. The van der Waals surface area contributed by atoms with Gasteiger partial charge < -0.3 is 5.32 Å². The van der Waals surface area contributed by atoms with E-state index in [1.54, 1.807) is 6.07 Å². The summed E-state index contributed by atoms with van der Waals surface area (Å²) in [4.78, 5) is 12.9. The Hall–Kier alpha value is -1.89. The monoisotopic (exact) mass is 448 g/mol. The largest absolute Gasteiger partial charge is 0.346 e. The number of carbonyl (C=O) groups excluding carboxylic acids is 1. The Balaban J connectivity index is 1.85. The number of nitrogens with zero attached hydrogens (tertiary/aromatic N) is 1.